The van der Waals surface area contributed by atoms with Crippen molar-refractivity contribution < 1.29 is 14.3 Å². The number of hydrogen-bond acceptors (Lipinski definition) is 4. The first-order valence-corrected chi connectivity index (χ1v) is 10.7. The predicted octanol–water partition coefficient (Wildman–Crippen LogP) is 3.18. The van der Waals surface area contributed by atoms with Crippen molar-refractivity contribution >= 4 is 21.7 Å². The van der Waals surface area contributed by atoms with Gasteiger partial charge in [-0.2, -0.15) is 0 Å². The van der Waals surface area contributed by atoms with E-state index < -0.39 is 0 Å². The molecule has 4 fully saturated rings. The molecule has 2 aliphatic heterocycles. The normalized spacial score (nSPS) is 43.8. The second-order valence-electron chi connectivity index (χ2n) is 9.44. The number of ketones is 1. The molecule has 1 saturated heterocycles. The molecule has 4 unspecified atom stereocenters. The Morgan fingerprint density at radius 1 is 1.35 bits per heavy atom. The Kier molecular flexibility index (Phi) is 2.48. The molecule has 4 aliphatic carbocycles. The van der Waals surface area contributed by atoms with E-state index in [1.54, 1.807) is 7.11 Å². The van der Waals surface area contributed by atoms with Crippen LogP contribution in [0.4, 0.5) is 0 Å². The van der Waals surface area contributed by atoms with Crippen molar-refractivity contribution in [3.05, 3.63) is 21.7 Å². The summed E-state index contributed by atoms with van der Waals surface area (Å²) in [4.78, 5) is 15.6. The van der Waals surface area contributed by atoms with Crippen LogP contribution in [0.5, 0.6) is 11.5 Å². The number of rotatable bonds is 3. The zero-order valence-electron chi connectivity index (χ0n) is 14.9. The molecule has 0 aromatic heterocycles. The summed E-state index contributed by atoms with van der Waals surface area (Å²) in [6, 6.07) is 2.67. The molecule has 0 N–H and O–H groups in total. The summed E-state index contributed by atoms with van der Waals surface area (Å²) in [5.74, 6) is 3.42. The molecule has 136 valence electrons. The first-order valence-electron chi connectivity index (χ1n) is 9.95. The van der Waals surface area contributed by atoms with Crippen LogP contribution in [0.3, 0.4) is 0 Å². The van der Waals surface area contributed by atoms with Gasteiger partial charge in [0.25, 0.3) is 0 Å². The molecule has 1 aromatic carbocycles. The average molecular weight is 416 g/mol. The van der Waals surface area contributed by atoms with E-state index in [0.717, 1.165) is 41.3 Å². The van der Waals surface area contributed by atoms with Crippen molar-refractivity contribution in [3.8, 4) is 11.5 Å². The van der Waals surface area contributed by atoms with Crippen LogP contribution >= 0.6 is 15.9 Å². The van der Waals surface area contributed by atoms with Gasteiger partial charge in [-0.05, 0) is 49.1 Å². The van der Waals surface area contributed by atoms with Gasteiger partial charge in [0.1, 0.15) is 0 Å². The van der Waals surface area contributed by atoms with E-state index in [1.165, 1.54) is 30.5 Å². The second kappa shape index (κ2) is 4.33. The van der Waals surface area contributed by atoms with E-state index in [9.17, 15) is 4.79 Å². The van der Waals surface area contributed by atoms with Crippen LogP contribution in [0.15, 0.2) is 10.5 Å². The molecule has 1 aromatic rings. The smallest absolute Gasteiger partial charge is 0.174 e. The van der Waals surface area contributed by atoms with Gasteiger partial charge < -0.3 is 9.47 Å². The lowest BCUT2D eigenvalue weighted by atomic mass is 9.58. The summed E-state index contributed by atoms with van der Waals surface area (Å²) >= 11 is 3.86. The Labute approximate surface area is 161 Å². The minimum absolute atomic E-state index is 0.0972. The number of halogens is 1. The molecule has 26 heavy (non-hydrogen) atoms. The molecular weight excluding hydrogens is 394 g/mol. The highest BCUT2D eigenvalue weighted by molar-refractivity contribution is 9.10. The number of hydrogen-bond donors (Lipinski definition) is 0. The summed E-state index contributed by atoms with van der Waals surface area (Å²) in [5.41, 5.74) is 2.90. The fraction of sp³-hybridized carbons (Fsp3) is 0.667. The van der Waals surface area contributed by atoms with E-state index in [1.807, 2.05) is 0 Å². The monoisotopic (exact) mass is 415 g/mol. The Balaban J connectivity index is 1.47. The molecule has 2 bridgehead atoms. The molecule has 6 aliphatic rings. The molecule has 2 spiro atoms. The third kappa shape index (κ3) is 1.36. The molecule has 0 radical (unpaired) electrons. The van der Waals surface area contributed by atoms with E-state index in [-0.39, 0.29) is 16.9 Å². The number of nitrogens with zero attached hydrogens (tertiary/aromatic N) is 1. The van der Waals surface area contributed by atoms with Gasteiger partial charge in [-0.25, -0.2) is 0 Å². The van der Waals surface area contributed by atoms with Crippen molar-refractivity contribution in [2.24, 2.45) is 11.8 Å². The molecule has 5 atom stereocenters. The highest BCUT2D eigenvalue weighted by atomic mass is 79.9. The number of fused-ring (bicyclic) bond motifs is 1. The highest BCUT2D eigenvalue weighted by Crippen LogP contribution is 2.77. The summed E-state index contributed by atoms with van der Waals surface area (Å²) in [5, 5.41) is 0. The molecule has 4 nitrogen and oxygen atoms in total. The number of Topliss-reactive ketones (excluding diaryl/α,β-unsaturated/α-hetero) is 1. The first kappa shape index (κ1) is 14.9. The fourth-order valence-electron chi connectivity index (χ4n) is 7.57. The third-order valence-electron chi connectivity index (χ3n) is 8.36. The van der Waals surface area contributed by atoms with Gasteiger partial charge in [-0.1, -0.05) is 15.9 Å². The summed E-state index contributed by atoms with van der Waals surface area (Å²) in [6.45, 7) is 2.42. The quantitative estimate of drug-likeness (QED) is 0.759. The Morgan fingerprint density at radius 2 is 2.19 bits per heavy atom. The van der Waals surface area contributed by atoms with Gasteiger partial charge in [0.15, 0.2) is 23.4 Å². The molecule has 5 heteroatoms. The van der Waals surface area contributed by atoms with Crippen LogP contribution in [0.25, 0.3) is 0 Å². The highest BCUT2D eigenvalue weighted by Gasteiger charge is 2.80. The van der Waals surface area contributed by atoms with E-state index in [2.05, 4.69) is 26.9 Å². The van der Waals surface area contributed by atoms with Crippen LogP contribution in [-0.4, -0.2) is 43.0 Å². The Hall–Kier alpha value is -1.07. The van der Waals surface area contributed by atoms with Crippen molar-refractivity contribution in [2.75, 3.05) is 20.2 Å². The minimum atomic E-state index is -0.286. The standard InChI is InChI=1S/C21H22BrNO3/c1-25-14-6-12(22)15-16-17(14)26-19-13(24)5-4-11-18-20(15,8-21(11,16)19)9-23(18)7-10-2-3-10/h6,10-11,18-19H,2-5,7-9H2,1H3/t11?,18?,19?,20?,21-/m1/s1. The van der Waals surface area contributed by atoms with Crippen LogP contribution < -0.4 is 9.47 Å². The summed E-state index contributed by atoms with van der Waals surface area (Å²) in [7, 11) is 1.70. The molecule has 3 saturated carbocycles. The zero-order chi connectivity index (χ0) is 17.4. The van der Waals surface area contributed by atoms with Gasteiger partial charge in [0, 0.05) is 46.4 Å². The minimum Gasteiger partial charge on any atom is -0.493 e. The largest absolute Gasteiger partial charge is 0.493 e. The topological polar surface area (TPSA) is 38.8 Å². The number of ether oxygens (including phenoxy) is 2. The zero-order valence-corrected chi connectivity index (χ0v) is 16.5. The molecule has 7 rings (SSSR count). The molecule has 2 heterocycles. The predicted molar refractivity (Wildman–Crippen MR) is 98.9 cm³/mol. The van der Waals surface area contributed by atoms with E-state index >= 15 is 0 Å². The average Bonchev–Trinajstić information content (AvgIpc) is 3.21. The lowest BCUT2D eigenvalue weighted by molar-refractivity contribution is -0.133. The van der Waals surface area contributed by atoms with Crippen molar-refractivity contribution in [1.82, 2.24) is 4.90 Å². The van der Waals surface area contributed by atoms with Gasteiger partial charge in [-0.3, -0.25) is 9.69 Å². The Morgan fingerprint density at radius 3 is 2.96 bits per heavy atom. The molecule has 0 amide bonds. The first-order chi connectivity index (χ1) is 12.6. The van der Waals surface area contributed by atoms with Crippen molar-refractivity contribution in [1.29, 1.82) is 0 Å². The van der Waals surface area contributed by atoms with Crippen molar-refractivity contribution in [2.45, 2.75) is 55.1 Å². The molecular formula is C21H22BrNO3. The number of methoxy groups -OCH3 is 1. The third-order valence-corrected chi connectivity index (χ3v) is 8.99. The summed E-state index contributed by atoms with van der Waals surface area (Å²) in [6.07, 6.45) is 5.32. The maximum Gasteiger partial charge on any atom is 0.174 e. The Bertz CT molecular complexity index is 896. The fourth-order valence-corrected chi connectivity index (χ4v) is 8.37. The van der Waals surface area contributed by atoms with E-state index in [4.69, 9.17) is 9.47 Å². The van der Waals surface area contributed by atoms with Crippen LogP contribution in [-0.2, 0) is 15.6 Å². The SMILES string of the molecule is COc1cc(Br)c2c3c1OC1C(=O)CCC4C5N(CC6CC6)CC25C[C@@]314. The van der Waals surface area contributed by atoms with E-state index in [0.29, 0.717) is 24.2 Å². The van der Waals surface area contributed by atoms with Crippen LogP contribution in [0.2, 0.25) is 0 Å². The lowest BCUT2D eigenvalue weighted by Crippen LogP contribution is -2.68. The van der Waals surface area contributed by atoms with Crippen LogP contribution in [0, 0.1) is 11.8 Å². The summed E-state index contributed by atoms with van der Waals surface area (Å²) < 4.78 is 13.2. The van der Waals surface area contributed by atoms with Crippen LogP contribution in [0.1, 0.15) is 43.2 Å². The number of carbonyl (C=O) groups is 1. The van der Waals surface area contributed by atoms with Gasteiger partial charge in [0.2, 0.25) is 0 Å². The van der Waals surface area contributed by atoms with Gasteiger partial charge >= 0.3 is 0 Å². The number of benzene rings is 1. The second-order valence-corrected chi connectivity index (χ2v) is 10.3. The van der Waals surface area contributed by atoms with Gasteiger partial charge in [0.05, 0.1) is 7.11 Å². The number of likely N-dealkylation sites (tertiary alicyclic amines) is 1. The van der Waals surface area contributed by atoms with Gasteiger partial charge in [-0.15, -0.1) is 0 Å². The maximum absolute atomic E-state index is 12.9. The number of carbonyl (C=O) groups excluding carboxylic acids is 1. The van der Waals surface area contributed by atoms with Crippen molar-refractivity contribution in [3.63, 3.8) is 0 Å². The lowest BCUT2D eigenvalue weighted by Gasteiger charge is -2.59. The maximum atomic E-state index is 12.9.